The molecule has 0 saturated heterocycles. The number of benzene rings is 1. The molecule has 0 bridgehead atoms. The smallest absolute Gasteiger partial charge is 0.257 e. The molecule has 7 heteroatoms. The molecule has 3 aromatic rings. The summed E-state index contributed by atoms with van der Waals surface area (Å²) >= 11 is 1.67. The molecular formula is C19H21N3O3S. The number of carbonyl (C=O) groups excluding carboxylic acids is 1. The van der Waals surface area contributed by atoms with Crippen molar-refractivity contribution in [2.24, 2.45) is 0 Å². The predicted octanol–water partition coefficient (Wildman–Crippen LogP) is 4.49. The predicted molar refractivity (Wildman–Crippen MR) is 103 cm³/mol. The Morgan fingerprint density at radius 3 is 2.65 bits per heavy atom. The Bertz CT molecular complexity index is 914. The molecule has 0 radical (unpaired) electrons. The van der Waals surface area contributed by atoms with Crippen molar-refractivity contribution in [3.63, 3.8) is 0 Å². The Balaban J connectivity index is 1.75. The second-order valence-corrected chi connectivity index (χ2v) is 7.35. The molecule has 1 amide bonds. The number of H-pyrrole nitrogens is 1. The maximum atomic E-state index is 12.5. The van der Waals surface area contributed by atoms with Crippen LogP contribution in [0.1, 0.15) is 29.1 Å². The fourth-order valence-electron chi connectivity index (χ4n) is 2.44. The third-order valence-corrected chi connectivity index (χ3v) is 4.65. The van der Waals surface area contributed by atoms with Gasteiger partial charge in [0.15, 0.2) is 17.3 Å². The van der Waals surface area contributed by atoms with Crippen molar-refractivity contribution >= 4 is 23.1 Å². The van der Waals surface area contributed by atoms with Gasteiger partial charge in [-0.05, 0) is 51.1 Å². The number of thiophene rings is 1. The molecule has 1 aromatic carbocycles. The zero-order valence-electron chi connectivity index (χ0n) is 15.1. The van der Waals surface area contributed by atoms with Gasteiger partial charge >= 0.3 is 0 Å². The maximum absolute atomic E-state index is 12.5. The average Bonchev–Trinajstić information content (AvgIpc) is 3.23. The summed E-state index contributed by atoms with van der Waals surface area (Å²) in [5.41, 5.74) is 1.34. The molecule has 2 aromatic heterocycles. The summed E-state index contributed by atoms with van der Waals surface area (Å²) in [4.78, 5) is 14.8. The maximum Gasteiger partial charge on any atom is 0.257 e. The largest absolute Gasteiger partial charge is 0.493 e. The van der Waals surface area contributed by atoms with Crippen LogP contribution in [0.4, 0.5) is 5.82 Å². The van der Waals surface area contributed by atoms with Crippen molar-refractivity contribution in [1.29, 1.82) is 0 Å². The Morgan fingerprint density at radius 1 is 1.19 bits per heavy atom. The SMILES string of the molecule is COc1cc(C(=O)Nc2cc(-c3ccc(C)s3)[nH]n2)ccc1OC(C)C. The van der Waals surface area contributed by atoms with Crippen LogP contribution in [0.15, 0.2) is 36.4 Å². The first-order valence-corrected chi connectivity index (χ1v) is 9.06. The molecule has 2 N–H and O–H groups in total. The molecule has 0 atom stereocenters. The van der Waals surface area contributed by atoms with Crippen LogP contribution in [-0.2, 0) is 0 Å². The number of aromatic nitrogens is 2. The van der Waals surface area contributed by atoms with Crippen LogP contribution in [0.3, 0.4) is 0 Å². The van der Waals surface area contributed by atoms with Crippen molar-refractivity contribution < 1.29 is 14.3 Å². The van der Waals surface area contributed by atoms with Gasteiger partial charge in [0.2, 0.25) is 0 Å². The molecule has 0 aliphatic rings. The van der Waals surface area contributed by atoms with Gasteiger partial charge in [0, 0.05) is 16.5 Å². The highest BCUT2D eigenvalue weighted by Crippen LogP contribution is 2.30. The number of anilines is 1. The molecule has 0 unspecified atom stereocenters. The van der Waals surface area contributed by atoms with Gasteiger partial charge in [0.05, 0.1) is 23.8 Å². The summed E-state index contributed by atoms with van der Waals surface area (Å²) in [7, 11) is 1.55. The lowest BCUT2D eigenvalue weighted by molar-refractivity contribution is 0.102. The lowest BCUT2D eigenvalue weighted by Crippen LogP contribution is -2.13. The topological polar surface area (TPSA) is 76.2 Å². The quantitative estimate of drug-likeness (QED) is 0.669. The fourth-order valence-corrected chi connectivity index (χ4v) is 3.27. The van der Waals surface area contributed by atoms with Gasteiger partial charge in [-0.25, -0.2) is 0 Å². The number of aromatic amines is 1. The number of hydrogen-bond donors (Lipinski definition) is 2. The summed E-state index contributed by atoms with van der Waals surface area (Å²) < 4.78 is 11.0. The molecular weight excluding hydrogens is 350 g/mol. The second kappa shape index (κ2) is 7.61. The molecule has 6 nitrogen and oxygen atoms in total. The molecule has 3 rings (SSSR count). The number of rotatable bonds is 6. The van der Waals surface area contributed by atoms with Crippen molar-refractivity contribution in [2.75, 3.05) is 12.4 Å². The number of amides is 1. The van der Waals surface area contributed by atoms with Gasteiger partial charge in [-0.15, -0.1) is 11.3 Å². The monoisotopic (exact) mass is 371 g/mol. The van der Waals surface area contributed by atoms with Crippen molar-refractivity contribution in [3.8, 4) is 22.1 Å². The van der Waals surface area contributed by atoms with Gasteiger partial charge in [0.1, 0.15) is 0 Å². The second-order valence-electron chi connectivity index (χ2n) is 6.06. The number of aryl methyl sites for hydroxylation is 1. The first-order valence-electron chi connectivity index (χ1n) is 8.24. The number of nitrogens with one attached hydrogen (secondary N) is 2. The van der Waals surface area contributed by atoms with Gasteiger partial charge in [0.25, 0.3) is 5.91 Å². The Morgan fingerprint density at radius 2 is 2.00 bits per heavy atom. The molecule has 26 heavy (non-hydrogen) atoms. The number of nitrogens with zero attached hydrogens (tertiary/aromatic N) is 1. The van der Waals surface area contributed by atoms with Crippen LogP contribution in [0.2, 0.25) is 0 Å². The van der Waals surface area contributed by atoms with E-state index in [1.54, 1.807) is 36.6 Å². The number of ether oxygens (including phenoxy) is 2. The lowest BCUT2D eigenvalue weighted by Gasteiger charge is -2.14. The molecule has 0 aliphatic heterocycles. The fraction of sp³-hybridized carbons (Fsp3) is 0.263. The highest BCUT2D eigenvalue weighted by molar-refractivity contribution is 7.15. The van der Waals surface area contributed by atoms with Gasteiger partial charge in [-0.2, -0.15) is 5.10 Å². The summed E-state index contributed by atoms with van der Waals surface area (Å²) in [6.07, 6.45) is 0.0203. The van der Waals surface area contributed by atoms with Crippen molar-refractivity contribution in [2.45, 2.75) is 26.9 Å². The molecule has 2 heterocycles. The Hall–Kier alpha value is -2.80. The lowest BCUT2D eigenvalue weighted by atomic mass is 10.2. The highest BCUT2D eigenvalue weighted by Gasteiger charge is 2.14. The molecule has 0 spiro atoms. The van der Waals surface area contributed by atoms with E-state index in [9.17, 15) is 4.79 Å². The molecule has 136 valence electrons. The number of hydrogen-bond acceptors (Lipinski definition) is 5. The van der Waals surface area contributed by atoms with Crippen LogP contribution in [0, 0.1) is 6.92 Å². The van der Waals surface area contributed by atoms with Crippen LogP contribution in [0.25, 0.3) is 10.6 Å². The van der Waals surface area contributed by atoms with E-state index in [4.69, 9.17) is 9.47 Å². The van der Waals surface area contributed by atoms with Crippen LogP contribution < -0.4 is 14.8 Å². The van der Waals surface area contributed by atoms with Gasteiger partial charge < -0.3 is 14.8 Å². The number of carbonyl (C=O) groups is 1. The zero-order valence-corrected chi connectivity index (χ0v) is 15.9. The van der Waals surface area contributed by atoms with E-state index >= 15 is 0 Å². The zero-order chi connectivity index (χ0) is 18.7. The minimum absolute atomic E-state index is 0.0203. The van der Waals surface area contributed by atoms with Gasteiger partial charge in [-0.3, -0.25) is 9.89 Å². The van der Waals surface area contributed by atoms with E-state index in [2.05, 4.69) is 15.5 Å². The van der Waals surface area contributed by atoms with E-state index in [1.165, 1.54) is 4.88 Å². The third-order valence-electron chi connectivity index (χ3n) is 3.61. The minimum atomic E-state index is -0.264. The highest BCUT2D eigenvalue weighted by atomic mass is 32.1. The molecule has 0 aliphatic carbocycles. The van der Waals surface area contributed by atoms with E-state index in [0.29, 0.717) is 22.9 Å². The first-order chi connectivity index (χ1) is 12.5. The van der Waals surface area contributed by atoms with E-state index < -0.39 is 0 Å². The Kier molecular flexibility index (Phi) is 5.27. The van der Waals surface area contributed by atoms with Gasteiger partial charge in [-0.1, -0.05) is 0 Å². The summed E-state index contributed by atoms with van der Waals surface area (Å²) in [5.74, 6) is 1.33. The molecule has 0 fully saturated rings. The standard InChI is InChI=1S/C19H21N3O3S/c1-11(2)25-15-7-6-13(9-16(15)24-4)19(23)20-18-10-14(21-22-18)17-8-5-12(3)26-17/h5-11H,1-4H3,(H2,20,21,22,23). The summed E-state index contributed by atoms with van der Waals surface area (Å²) in [6, 6.07) is 11.0. The van der Waals surface area contributed by atoms with E-state index in [0.717, 1.165) is 10.6 Å². The average molecular weight is 371 g/mol. The van der Waals surface area contributed by atoms with Crippen LogP contribution >= 0.6 is 11.3 Å². The van der Waals surface area contributed by atoms with Crippen LogP contribution in [0.5, 0.6) is 11.5 Å². The third kappa shape index (κ3) is 4.05. The first kappa shape index (κ1) is 18.0. The van der Waals surface area contributed by atoms with Crippen LogP contribution in [-0.4, -0.2) is 29.3 Å². The summed E-state index contributed by atoms with van der Waals surface area (Å²) in [6.45, 7) is 5.92. The van der Waals surface area contributed by atoms with Crippen molar-refractivity contribution in [3.05, 3.63) is 46.8 Å². The van der Waals surface area contributed by atoms with E-state index in [1.807, 2.05) is 39.0 Å². The van der Waals surface area contributed by atoms with Crippen molar-refractivity contribution in [1.82, 2.24) is 10.2 Å². The number of methoxy groups -OCH3 is 1. The molecule has 0 saturated carbocycles. The minimum Gasteiger partial charge on any atom is -0.493 e. The van der Waals surface area contributed by atoms with E-state index in [-0.39, 0.29) is 12.0 Å². The Labute approximate surface area is 156 Å². The normalized spacial score (nSPS) is 10.8. The summed E-state index contributed by atoms with van der Waals surface area (Å²) in [5, 5.41) is 9.90.